The van der Waals surface area contributed by atoms with E-state index in [1.54, 1.807) is 0 Å². The first-order chi connectivity index (χ1) is 9.16. The van der Waals surface area contributed by atoms with Gasteiger partial charge in [0.25, 0.3) is 5.91 Å². The minimum Gasteiger partial charge on any atom is -0.480 e. The third-order valence-corrected chi connectivity index (χ3v) is 4.07. The van der Waals surface area contributed by atoms with Crippen molar-refractivity contribution in [2.75, 3.05) is 13.1 Å². The number of amides is 1. The average molecular weight is 297 g/mol. The fourth-order valence-corrected chi connectivity index (χ4v) is 2.81. The molecule has 1 aromatic carbocycles. The molecular weight excluding hydrogens is 276 g/mol. The second-order valence-corrected chi connectivity index (χ2v) is 5.72. The molecule has 2 aliphatic heterocycles. The highest BCUT2D eigenvalue weighted by molar-refractivity contribution is 5.85. The van der Waals surface area contributed by atoms with Gasteiger partial charge in [-0.3, -0.25) is 4.79 Å². The summed E-state index contributed by atoms with van der Waals surface area (Å²) < 4.78 is 5.73. The van der Waals surface area contributed by atoms with Crippen LogP contribution in [0.4, 0.5) is 0 Å². The zero-order valence-corrected chi connectivity index (χ0v) is 12.5. The van der Waals surface area contributed by atoms with Gasteiger partial charge in [-0.15, -0.1) is 12.4 Å². The van der Waals surface area contributed by atoms with Gasteiger partial charge in [0.2, 0.25) is 0 Å². The zero-order chi connectivity index (χ0) is 13.3. The molecule has 1 aromatic rings. The molecule has 1 fully saturated rings. The van der Waals surface area contributed by atoms with Crippen molar-refractivity contribution < 1.29 is 9.53 Å². The van der Waals surface area contributed by atoms with Gasteiger partial charge in [-0.2, -0.15) is 0 Å². The van der Waals surface area contributed by atoms with Crippen LogP contribution in [0.2, 0.25) is 0 Å². The molecule has 2 heterocycles. The van der Waals surface area contributed by atoms with E-state index in [9.17, 15) is 4.79 Å². The maximum atomic E-state index is 12.3. The van der Waals surface area contributed by atoms with E-state index in [2.05, 4.69) is 17.6 Å². The lowest BCUT2D eigenvalue weighted by molar-refractivity contribution is -0.129. The minimum absolute atomic E-state index is 0. The van der Waals surface area contributed by atoms with E-state index >= 15 is 0 Å². The van der Waals surface area contributed by atoms with Crippen LogP contribution in [0.15, 0.2) is 24.3 Å². The molecular formula is C15H21ClN2O2. The predicted octanol–water partition coefficient (Wildman–Crippen LogP) is 1.67. The van der Waals surface area contributed by atoms with E-state index in [1.165, 1.54) is 0 Å². The molecule has 0 saturated carbocycles. The Labute approximate surface area is 125 Å². The Morgan fingerprint density at radius 3 is 2.75 bits per heavy atom. The maximum absolute atomic E-state index is 12.3. The highest BCUT2D eigenvalue weighted by Crippen LogP contribution is 2.28. The number of halogens is 1. The summed E-state index contributed by atoms with van der Waals surface area (Å²) in [6.45, 7) is 4.04. The number of hydrogen-bond acceptors (Lipinski definition) is 3. The van der Waals surface area contributed by atoms with Gasteiger partial charge >= 0.3 is 0 Å². The standard InChI is InChI=1S/C15H20N2O2.ClH/c1-15(6-8-16-9-7-15)17-14(18)13-10-11-4-2-3-5-12(11)19-13;/h2-5,13,16H,6-10H2,1H3,(H,17,18);1H. The van der Waals surface area contributed by atoms with Crippen LogP contribution in [-0.4, -0.2) is 30.6 Å². The van der Waals surface area contributed by atoms with Crippen LogP contribution < -0.4 is 15.4 Å². The molecule has 0 radical (unpaired) electrons. The first-order valence-corrected chi connectivity index (χ1v) is 6.94. The third kappa shape index (κ3) is 3.07. The van der Waals surface area contributed by atoms with Crippen molar-refractivity contribution in [2.45, 2.75) is 37.8 Å². The Hall–Kier alpha value is -1.26. The number of rotatable bonds is 2. The Kier molecular flexibility index (Phi) is 4.55. The van der Waals surface area contributed by atoms with E-state index in [4.69, 9.17) is 4.74 Å². The molecule has 1 atom stereocenters. The van der Waals surface area contributed by atoms with Gasteiger partial charge in [0.05, 0.1) is 0 Å². The molecule has 1 unspecified atom stereocenters. The molecule has 5 heteroatoms. The summed E-state index contributed by atoms with van der Waals surface area (Å²) in [7, 11) is 0. The van der Waals surface area contributed by atoms with Crippen molar-refractivity contribution in [1.82, 2.24) is 10.6 Å². The van der Waals surface area contributed by atoms with Gasteiger partial charge in [-0.05, 0) is 44.5 Å². The van der Waals surface area contributed by atoms with Crippen LogP contribution >= 0.6 is 12.4 Å². The Morgan fingerprint density at radius 2 is 2.05 bits per heavy atom. The number of carbonyl (C=O) groups excluding carboxylic acids is 1. The lowest BCUT2D eigenvalue weighted by Gasteiger charge is -2.35. The fraction of sp³-hybridized carbons (Fsp3) is 0.533. The quantitative estimate of drug-likeness (QED) is 0.873. The van der Waals surface area contributed by atoms with Gasteiger partial charge in [0.15, 0.2) is 6.10 Å². The Bertz CT molecular complexity index is 462. The number of benzene rings is 1. The van der Waals surface area contributed by atoms with Crippen molar-refractivity contribution in [3.63, 3.8) is 0 Å². The van der Waals surface area contributed by atoms with Crippen LogP contribution in [0.1, 0.15) is 25.3 Å². The number of nitrogens with one attached hydrogen (secondary N) is 2. The normalized spacial score (nSPS) is 23.1. The predicted molar refractivity (Wildman–Crippen MR) is 80.5 cm³/mol. The van der Waals surface area contributed by atoms with Crippen molar-refractivity contribution in [3.05, 3.63) is 29.8 Å². The van der Waals surface area contributed by atoms with Gasteiger partial charge in [-0.25, -0.2) is 0 Å². The average Bonchev–Trinajstić information content (AvgIpc) is 2.83. The van der Waals surface area contributed by atoms with Crippen molar-refractivity contribution >= 4 is 18.3 Å². The molecule has 3 rings (SSSR count). The molecule has 1 saturated heterocycles. The molecule has 0 aromatic heterocycles. The van der Waals surface area contributed by atoms with E-state index < -0.39 is 0 Å². The first kappa shape index (κ1) is 15.1. The van der Waals surface area contributed by atoms with Crippen molar-refractivity contribution in [3.8, 4) is 5.75 Å². The molecule has 1 amide bonds. The van der Waals surface area contributed by atoms with Gasteiger partial charge in [0.1, 0.15) is 5.75 Å². The van der Waals surface area contributed by atoms with Gasteiger partial charge in [0, 0.05) is 12.0 Å². The summed E-state index contributed by atoms with van der Waals surface area (Å²) in [6, 6.07) is 7.87. The molecule has 4 nitrogen and oxygen atoms in total. The van der Waals surface area contributed by atoms with Gasteiger partial charge in [-0.1, -0.05) is 18.2 Å². The highest BCUT2D eigenvalue weighted by Gasteiger charge is 2.34. The third-order valence-electron chi connectivity index (χ3n) is 4.07. The van der Waals surface area contributed by atoms with Crippen molar-refractivity contribution in [2.24, 2.45) is 0 Å². The second-order valence-electron chi connectivity index (χ2n) is 5.72. The summed E-state index contributed by atoms with van der Waals surface area (Å²) in [5.74, 6) is 0.860. The SMILES string of the molecule is CC1(NC(=O)C2Cc3ccccc3O2)CCNCC1.Cl. The minimum atomic E-state index is -0.371. The summed E-state index contributed by atoms with van der Waals surface area (Å²) >= 11 is 0. The second kappa shape index (κ2) is 6.02. The molecule has 2 aliphatic rings. The van der Waals surface area contributed by atoms with E-state index in [1.807, 2.05) is 24.3 Å². The summed E-state index contributed by atoms with van der Waals surface area (Å²) in [5.41, 5.74) is 1.03. The number of para-hydroxylation sites is 1. The lowest BCUT2D eigenvalue weighted by Crippen LogP contribution is -2.55. The summed E-state index contributed by atoms with van der Waals surface area (Å²) in [4.78, 5) is 12.3. The summed E-state index contributed by atoms with van der Waals surface area (Å²) in [5, 5.41) is 6.48. The van der Waals surface area contributed by atoms with Crippen LogP contribution in [-0.2, 0) is 11.2 Å². The van der Waals surface area contributed by atoms with E-state index in [-0.39, 0.29) is 30.0 Å². The molecule has 110 valence electrons. The molecule has 0 spiro atoms. The molecule has 0 bridgehead atoms. The Balaban J connectivity index is 0.00000147. The first-order valence-electron chi connectivity index (χ1n) is 6.94. The zero-order valence-electron chi connectivity index (χ0n) is 11.6. The number of piperidine rings is 1. The maximum Gasteiger partial charge on any atom is 0.261 e. The monoisotopic (exact) mass is 296 g/mol. The van der Waals surface area contributed by atoms with Crippen LogP contribution in [0.3, 0.4) is 0 Å². The molecule has 2 N–H and O–H groups in total. The van der Waals surface area contributed by atoms with E-state index in [0.29, 0.717) is 6.42 Å². The number of carbonyl (C=O) groups is 1. The number of fused-ring (bicyclic) bond motifs is 1. The number of ether oxygens (including phenoxy) is 1. The largest absolute Gasteiger partial charge is 0.480 e. The lowest BCUT2D eigenvalue weighted by atomic mass is 9.90. The van der Waals surface area contributed by atoms with E-state index in [0.717, 1.165) is 37.2 Å². The molecule has 0 aliphatic carbocycles. The van der Waals surface area contributed by atoms with Gasteiger partial charge < -0.3 is 15.4 Å². The van der Waals surface area contributed by atoms with Crippen LogP contribution in [0, 0.1) is 0 Å². The summed E-state index contributed by atoms with van der Waals surface area (Å²) in [6.07, 6.45) is 2.25. The smallest absolute Gasteiger partial charge is 0.261 e. The topological polar surface area (TPSA) is 50.4 Å². The number of hydrogen-bond donors (Lipinski definition) is 2. The van der Waals surface area contributed by atoms with Crippen LogP contribution in [0.5, 0.6) is 5.75 Å². The highest BCUT2D eigenvalue weighted by atomic mass is 35.5. The van der Waals surface area contributed by atoms with Crippen LogP contribution in [0.25, 0.3) is 0 Å². The fourth-order valence-electron chi connectivity index (χ4n) is 2.81. The Morgan fingerprint density at radius 1 is 1.35 bits per heavy atom. The van der Waals surface area contributed by atoms with Crippen molar-refractivity contribution in [1.29, 1.82) is 0 Å². The molecule has 20 heavy (non-hydrogen) atoms.